The second-order valence-electron chi connectivity index (χ2n) is 6.50. The summed E-state index contributed by atoms with van der Waals surface area (Å²) in [5.74, 6) is 0.389. The molecule has 2 aromatic rings. The van der Waals surface area contributed by atoms with Crippen LogP contribution in [0.5, 0.6) is 0 Å². The molecule has 1 saturated carbocycles. The Morgan fingerprint density at radius 3 is 2.92 bits per heavy atom. The molecule has 0 saturated heterocycles. The number of hydrogen-bond acceptors (Lipinski definition) is 3. The van der Waals surface area contributed by atoms with Crippen molar-refractivity contribution in [3.05, 3.63) is 42.2 Å². The highest BCUT2D eigenvalue weighted by Crippen LogP contribution is 2.24. The van der Waals surface area contributed by atoms with Crippen LogP contribution in [0.15, 0.2) is 36.7 Å². The molecule has 2 amide bonds. The fraction of sp³-hybridized carbons (Fsp3) is 0.444. The summed E-state index contributed by atoms with van der Waals surface area (Å²) < 4.78 is 1.77. The molecule has 2 atom stereocenters. The summed E-state index contributed by atoms with van der Waals surface area (Å²) in [5.41, 5.74) is 3.19. The standard InChI is InChI=1S/C18H24N4O2/c1-22-12-16(11-21-22)15-4-2-3-13(7-15)9-19-18(24)20-10-14-5-6-17(23)8-14/h2-4,7,11-12,14,17,23H,5-6,8-10H2,1H3,(H2,19,20,24)/t14-,17+/m1/s1. The molecule has 1 heterocycles. The highest BCUT2D eigenvalue weighted by Gasteiger charge is 2.22. The number of aromatic nitrogens is 2. The van der Waals surface area contributed by atoms with Crippen molar-refractivity contribution < 1.29 is 9.90 Å². The van der Waals surface area contributed by atoms with E-state index in [9.17, 15) is 9.90 Å². The molecule has 128 valence electrons. The lowest BCUT2D eigenvalue weighted by Crippen LogP contribution is -2.37. The molecular formula is C18H24N4O2. The minimum absolute atomic E-state index is 0.164. The van der Waals surface area contributed by atoms with Crippen LogP contribution in [0.1, 0.15) is 24.8 Å². The van der Waals surface area contributed by atoms with E-state index in [0.717, 1.165) is 36.0 Å². The predicted molar refractivity (Wildman–Crippen MR) is 92.2 cm³/mol. The second kappa shape index (κ2) is 7.49. The summed E-state index contributed by atoms with van der Waals surface area (Å²) in [6, 6.07) is 7.91. The van der Waals surface area contributed by atoms with Gasteiger partial charge in [-0.1, -0.05) is 18.2 Å². The fourth-order valence-electron chi connectivity index (χ4n) is 3.15. The smallest absolute Gasteiger partial charge is 0.315 e. The number of aryl methyl sites for hydroxylation is 1. The summed E-state index contributed by atoms with van der Waals surface area (Å²) in [6.45, 7) is 1.10. The maximum Gasteiger partial charge on any atom is 0.315 e. The number of hydrogen-bond donors (Lipinski definition) is 3. The molecule has 0 bridgehead atoms. The van der Waals surface area contributed by atoms with Crippen LogP contribution >= 0.6 is 0 Å². The molecule has 3 N–H and O–H groups in total. The van der Waals surface area contributed by atoms with Gasteiger partial charge in [-0.25, -0.2) is 4.79 Å². The third kappa shape index (κ3) is 4.35. The van der Waals surface area contributed by atoms with Crippen LogP contribution < -0.4 is 10.6 Å². The second-order valence-corrected chi connectivity index (χ2v) is 6.50. The number of carbonyl (C=O) groups is 1. The zero-order valence-electron chi connectivity index (χ0n) is 13.9. The van der Waals surface area contributed by atoms with Gasteiger partial charge in [0.1, 0.15) is 0 Å². The molecular weight excluding hydrogens is 304 g/mol. The Bertz CT molecular complexity index is 698. The van der Waals surface area contributed by atoms with Gasteiger partial charge in [-0.15, -0.1) is 0 Å². The molecule has 3 rings (SSSR count). The van der Waals surface area contributed by atoms with Crippen molar-refractivity contribution in [2.45, 2.75) is 31.9 Å². The molecule has 0 radical (unpaired) electrons. The normalized spacial score (nSPS) is 20.1. The molecule has 1 aliphatic carbocycles. The summed E-state index contributed by atoms with van der Waals surface area (Å²) >= 11 is 0. The number of nitrogens with zero attached hydrogens (tertiary/aromatic N) is 2. The number of amides is 2. The van der Waals surface area contributed by atoms with Gasteiger partial charge in [0.15, 0.2) is 0 Å². The zero-order valence-corrected chi connectivity index (χ0v) is 13.9. The van der Waals surface area contributed by atoms with Crippen molar-refractivity contribution in [1.82, 2.24) is 20.4 Å². The third-order valence-electron chi connectivity index (χ3n) is 4.48. The average Bonchev–Trinajstić information content (AvgIpc) is 3.20. The molecule has 1 aliphatic rings. The maximum absolute atomic E-state index is 11.9. The number of nitrogens with one attached hydrogen (secondary N) is 2. The molecule has 1 aromatic heterocycles. The largest absolute Gasteiger partial charge is 0.393 e. The molecule has 1 aromatic carbocycles. The van der Waals surface area contributed by atoms with E-state index in [-0.39, 0.29) is 12.1 Å². The van der Waals surface area contributed by atoms with Crippen LogP contribution in [-0.2, 0) is 13.6 Å². The Balaban J connectivity index is 1.48. The highest BCUT2D eigenvalue weighted by atomic mass is 16.3. The lowest BCUT2D eigenvalue weighted by atomic mass is 10.1. The van der Waals surface area contributed by atoms with Crippen LogP contribution in [-0.4, -0.2) is 33.6 Å². The number of benzene rings is 1. The summed E-state index contributed by atoms with van der Waals surface area (Å²) in [6.07, 6.45) is 6.21. The van der Waals surface area contributed by atoms with Gasteiger partial charge < -0.3 is 15.7 Å². The summed E-state index contributed by atoms with van der Waals surface area (Å²) in [4.78, 5) is 11.9. The van der Waals surface area contributed by atoms with Crippen molar-refractivity contribution in [2.75, 3.05) is 6.54 Å². The van der Waals surface area contributed by atoms with E-state index in [0.29, 0.717) is 19.0 Å². The van der Waals surface area contributed by atoms with Crippen LogP contribution in [0.25, 0.3) is 11.1 Å². The Kier molecular flexibility index (Phi) is 5.15. The minimum atomic E-state index is -0.199. The van der Waals surface area contributed by atoms with Crippen molar-refractivity contribution in [1.29, 1.82) is 0 Å². The SMILES string of the molecule is Cn1cc(-c2cccc(CNC(=O)NC[C@@H]3CC[C@H](O)C3)c2)cn1. The van der Waals surface area contributed by atoms with E-state index in [4.69, 9.17) is 0 Å². The maximum atomic E-state index is 11.9. The van der Waals surface area contributed by atoms with Crippen LogP contribution in [0.3, 0.4) is 0 Å². The van der Waals surface area contributed by atoms with Gasteiger partial charge in [-0.3, -0.25) is 4.68 Å². The number of urea groups is 1. The quantitative estimate of drug-likeness (QED) is 0.786. The van der Waals surface area contributed by atoms with Gasteiger partial charge in [0.2, 0.25) is 0 Å². The third-order valence-corrected chi connectivity index (χ3v) is 4.48. The first kappa shape index (κ1) is 16.5. The summed E-state index contributed by atoms with van der Waals surface area (Å²) in [7, 11) is 1.89. The topological polar surface area (TPSA) is 79.2 Å². The van der Waals surface area contributed by atoms with Gasteiger partial charge >= 0.3 is 6.03 Å². The monoisotopic (exact) mass is 328 g/mol. The van der Waals surface area contributed by atoms with E-state index in [1.54, 1.807) is 4.68 Å². The van der Waals surface area contributed by atoms with Crippen molar-refractivity contribution in [3.63, 3.8) is 0 Å². The van der Waals surface area contributed by atoms with Crippen molar-refractivity contribution in [2.24, 2.45) is 13.0 Å². The molecule has 0 spiro atoms. The number of carbonyl (C=O) groups excluding carboxylic acids is 1. The number of aliphatic hydroxyl groups excluding tert-OH is 1. The van der Waals surface area contributed by atoms with E-state index in [2.05, 4.69) is 21.8 Å². The Labute approximate surface area is 141 Å². The molecule has 1 fully saturated rings. The van der Waals surface area contributed by atoms with Crippen molar-refractivity contribution >= 4 is 6.03 Å². The highest BCUT2D eigenvalue weighted by molar-refractivity contribution is 5.74. The minimum Gasteiger partial charge on any atom is -0.393 e. The fourth-order valence-corrected chi connectivity index (χ4v) is 3.15. The van der Waals surface area contributed by atoms with Gasteiger partial charge in [-0.05, 0) is 42.4 Å². The number of aliphatic hydroxyl groups is 1. The molecule has 0 unspecified atom stereocenters. The number of rotatable bonds is 5. The first-order valence-corrected chi connectivity index (χ1v) is 8.38. The Morgan fingerprint density at radius 2 is 2.21 bits per heavy atom. The first-order valence-electron chi connectivity index (χ1n) is 8.38. The Morgan fingerprint density at radius 1 is 1.33 bits per heavy atom. The van der Waals surface area contributed by atoms with Gasteiger partial charge in [0, 0.05) is 31.9 Å². The molecule has 6 heteroatoms. The van der Waals surface area contributed by atoms with E-state index >= 15 is 0 Å². The van der Waals surface area contributed by atoms with Gasteiger partial charge in [0.05, 0.1) is 12.3 Å². The zero-order chi connectivity index (χ0) is 16.9. The Hall–Kier alpha value is -2.34. The molecule has 24 heavy (non-hydrogen) atoms. The van der Waals surface area contributed by atoms with Crippen molar-refractivity contribution in [3.8, 4) is 11.1 Å². The van der Waals surface area contributed by atoms with Crippen LogP contribution in [0, 0.1) is 5.92 Å². The predicted octanol–water partition coefficient (Wildman–Crippen LogP) is 2.05. The molecule has 6 nitrogen and oxygen atoms in total. The van der Waals surface area contributed by atoms with E-state index in [1.807, 2.05) is 37.6 Å². The lowest BCUT2D eigenvalue weighted by molar-refractivity contribution is 0.177. The van der Waals surface area contributed by atoms with Gasteiger partial charge in [-0.2, -0.15) is 5.10 Å². The molecule has 0 aliphatic heterocycles. The van der Waals surface area contributed by atoms with E-state index in [1.165, 1.54) is 0 Å². The lowest BCUT2D eigenvalue weighted by Gasteiger charge is -2.12. The van der Waals surface area contributed by atoms with E-state index < -0.39 is 0 Å². The first-order chi connectivity index (χ1) is 11.6. The average molecular weight is 328 g/mol. The summed E-state index contributed by atoms with van der Waals surface area (Å²) in [5, 5.41) is 19.5. The van der Waals surface area contributed by atoms with Crippen LogP contribution in [0.2, 0.25) is 0 Å². The van der Waals surface area contributed by atoms with Gasteiger partial charge in [0.25, 0.3) is 0 Å². The van der Waals surface area contributed by atoms with Crippen LogP contribution in [0.4, 0.5) is 4.79 Å².